The fourth-order valence-electron chi connectivity index (χ4n) is 18.7. The maximum absolute atomic E-state index is 12.6. The molecule has 0 saturated heterocycles. The van der Waals surface area contributed by atoms with Crippen LogP contribution in [0.3, 0.4) is 0 Å². The van der Waals surface area contributed by atoms with Crippen LogP contribution in [-0.2, 0) is 49.5 Å². The molecule has 16 rings (SSSR count). The van der Waals surface area contributed by atoms with Crippen molar-refractivity contribution in [3.8, 4) is 23.5 Å². The Kier molecular flexibility index (Phi) is 29.7. The Bertz CT molecular complexity index is 5210. The Morgan fingerprint density at radius 2 is 0.702 bits per heavy atom. The Morgan fingerprint density at radius 3 is 0.968 bits per heavy atom. The number of aryl methyl sites for hydroxylation is 4. The number of alkyl carbamates (subject to hydrolysis) is 1. The molecule has 5 amide bonds. The van der Waals surface area contributed by atoms with Crippen LogP contribution in [0.4, 0.5) is 14.4 Å². The highest BCUT2D eigenvalue weighted by molar-refractivity contribution is 7.20. The van der Waals surface area contributed by atoms with E-state index in [1.807, 2.05) is 83.5 Å². The van der Waals surface area contributed by atoms with E-state index < -0.39 is 16.8 Å². The number of fused-ring (bicyclic) bond motifs is 12. The summed E-state index contributed by atoms with van der Waals surface area (Å²) >= 11 is 6.79. The van der Waals surface area contributed by atoms with E-state index in [0.717, 1.165) is 208 Å². The van der Waals surface area contributed by atoms with Gasteiger partial charge < -0.3 is 79.9 Å². The quantitative estimate of drug-likeness (QED) is 0.0393. The van der Waals surface area contributed by atoms with Gasteiger partial charge in [-0.25, -0.2) is 67.4 Å². The molecule has 8 heterocycles. The predicted octanol–water partition coefficient (Wildman–Crippen LogP) is 17.9. The highest BCUT2D eigenvalue weighted by Crippen LogP contribution is 2.53. The lowest BCUT2D eigenvalue weighted by molar-refractivity contribution is -0.119. The molecule has 0 radical (unpaired) electrons. The molecule has 4 atom stereocenters. The third kappa shape index (κ3) is 22.3. The summed E-state index contributed by atoms with van der Waals surface area (Å²) in [7, 11) is 6.68. The molecule has 8 aromatic rings. The van der Waals surface area contributed by atoms with Crippen molar-refractivity contribution in [2.45, 2.75) is 344 Å². The lowest BCUT2D eigenvalue weighted by atomic mass is 9.81. The van der Waals surface area contributed by atoms with Crippen LogP contribution in [0, 0.1) is 13.1 Å². The Morgan fingerprint density at radius 1 is 0.435 bits per heavy atom. The van der Waals surface area contributed by atoms with E-state index >= 15 is 0 Å². The first-order valence-electron chi connectivity index (χ1n) is 43.8. The lowest BCUT2D eigenvalue weighted by Gasteiger charge is -2.43. The van der Waals surface area contributed by atoms with Gasteiger partial charge in [0.05, 0.1) is 33.4 Å². The van der Waals surface area contributed by atoms with Gasteiger partial charge in [-0.3, -0.25) is 9.59 Å². The van der Waals surface area contributed by atoms with Crippen molar-refractivity contribution >= 4 is 116 Å². The first-order valence-corrected chi connectivity index (χ1v) is 47.0. The van der Waals surface area contributed by atoms with Crippen LogP contribution >= 0.6 is 45.3 Å². The second kappa shape index (κ2) is 39.1. The number of aromatic nitrogens is 8. The van der Waals surface area contributed by atoms with Gasteiger partial charge >= 0.3 is 18.3 Å². The second-order valence-electron chi connectivity index (χ2n) is 38.5. The minimum Gasteiger partial charge on any atom is -0.474 e. The second-order valence-corrected chi connectivity index (χ2v) is 42.8. The van der Waals surface area contributed by atoms with Gasteiger partial charge in [-0.05, 0) is 285 Å². The maximum atomic E-state index is 12.6. The van der Waals surface area contributed by atoms with E-state index in [1.165, 1.54) is 36.2 Å². The normalized spacial score (nSPS) is 25.5. The van der Waals surface area contributed by atoms with Gasteiger partial charge in [0.1, 0.15) is 85.8 Å². The van der Waals surface area contributed by atoms with Crippen molar-refractivity contribution < 1.29 is 62.2 Å². The molecule has 0 bridgehead atoms. The number of nitrogens with zero attached hydrogens (tertiary/aromatic N) is 12. The fraction of sp³-hybridized carbons (Fsp3) is 0.659. The van der Waals surface area contributed by atoms with Gasteiger partial charge in [0, 0.05) is 75.7 Å². The van der Waals surface area contributed by atoms with E-state index in [9.17, 15) is 24.0 Å². The molecule has 4 fully saturated rings. The Balaban J connectivity index is 0.000000150. The van der Waals surface area contributed by atoms with Crippen LogP contribution in [0.25, 0.3) is 50.6 Å². The minimum atomic E-state index is -0.520. The average Bonchev–Trinajstić information content (AvgIpc) is 1.61. The molecular formula is C91H126N16O13S4. The summed E-state index contributed by atoms with van der Waals surface area (Å²) in [4.78, 5) is 116. The SMILES string of the molecule is CN(C(=O)OC(C)(C)C)C1(C)CCC(Oc2ncnc3sc4c(c23)[C@@H](CC(N)=O)CC4)CC1.CNC1(C)CCC(Oc2ncnc3sc4c(c23)[C@@H](CC(N)=O)CC4)CC1.CO.[C-]#[N+]C[C@H]1CCc2sc3ncnc(OC4CCC(C)(N(C)C(=O)OC(C)(C)C)CC4)c3c21.[C-]#[N+]C[C@H]1CCc2sc3ncnc(OC4CCC(C)(NC(=O)OC(C)(C)C)CC4)c3c21. The third-order valence-corrected chi connectivity index (χ3v) is 30.6. The maximum Gasteiger partial charge on any atom is 0.410 e. The number of aliphatic hydroxyl groups excluding tert-OH is 1. The lowest BCUT2D eigenvalue weighted by Crippen LogP contribution is -2.51. The van der Waals surface area contributed by atoms with Crippen LogP contribution in [0.5, 0.6) is 23.5 Å². The molecule has 8 aliphatic rings. The van der Waals surface area contributed by atoms with Gasteiger partial charge in [-0.15, -0.1) is 45.3 Å². The topological polar surface area (TPSA) is 365 Å². The zero-order chi connectivity index (χ0) is 89.6. The molecule has 33 heteroatoms. The predicted molar refractivity (Wildman–Crippen MR) is 484 cm³/mol. The highest BCUT2D eigenvalue weighted by atomic mass is 32.1. The van der Waals surface area contributed by atoms with Crippen molar-refractivity contribution in [1.82, 2.24) is 60.3 Å². The number of ether oxygens (including phenoxy) is 7. The Hall–Kier alpha value is -8.99. The number of hydrogen-bond donors (Lipinski definition) is 5. The van der Waals surface area contributed by atoms with Gasteiger partial charge in [-0.1, -0.05) is 0 Å². The van der Waals surface area contributed by atoms with E-state index in [0.29, 0.717) is 49.5 Å². The van der Waals surface area contributed by atoms with Crippen LogP contribution in [-0.4, -0.2) is 190 Å². The minimum absolute atomic E-state index is 0.00903. The zero-order valence-corrected chi connectivity index (χ0v) is 78.5. The molecule has 7 N–H and O–H groups in total. The van der Waals surface area contributed by atoms with Crippen molar-refractivity contribution in [3.63, 3.8) is 0 Å². The van der Waals surface area contributed by atoms with Crippen LogP contribution in [0.15, 0.2) is 25.3 Å². The summed E-state index contributed by atoms with van der Waals surface area (Å²) < 4.78 is 42.2. The molecule has 0 aliphatic heterocycles. The van der Waals surface area contributed by atoms with Gasteiger partial charge in [0.25, 0.3) is 0 Å². The number of hydrogen-bond acceptors (Lipinski definition) is 26. The van der Waals surface area contributed by atoms with Crippen molar-refractivity contribution in [2.24, 2.45) is 11.5 Å². The average molecular weight is 1780 g/mol. The summed E-state index contributed by atoms with van der Waals surface area (Å²) in [6.07, 6.45) is 28.3. The molecular weight excluding hydrogens is 1650 g/mol. The largest absolute Gasteiger partial charge is 0.474 e. The number of rotatable bonds is 18. The molecule has 0 unspecified atom stereocenters. The number of nitrogens with two attached hydrogens (primary N) is 2. The standard InChI is InChI=1S/C24H34N4O4S.C24H32N4O3S.C23H30N4O3S.C19H26N4O2S.CH4O/c1-23(2,3)32-22(30)28(5)24(4)10-8-15(9-11-24)31-20-19-18-14(12-17(25)29)6-7-16(18)33-21(19)27-13-26-20;1-23(2,3)31-22(29)28(6)24(4)11-9-16(10-12-24)30-20-19-18-15(13-25-5)7-8-17(18)32-21(19)27-14-26-20;1-22(2,3)30-21(28)27-23(4)10-8-15(9-11-23)29-19-18-17-14(12-24-5)6-7-16(17)31-20(18)26-13-25-19;1-19(21-2)7-5-12(6-8-19)25-17-16-15-11(9-14(20)24)3-4-13(15)26-18(16)23-10-22-17;1-2/h13-15H,6-12H2,1-5H3,(H2,25,29);14-16H,7-13H2,1-4,6H3;13-15H,6-12H2,1-4H3,(H,27,28);10-12,21H,3-9H2,1-2H3,(H2,20,24);2H,1H3/t14-,15?,24?;15-,16?,24?;14-,15?,23?;11-,12?,19?;/m1111./s1. The number of carbonyl (C=O) groups is 5. The molecule has 4 saturated carbocycles. The summed E-state index contributed by atoms with van der Waals surface area (Å²) in [6, 6.07) is 0. The summed E-state index contributed by atoms with van der Waals surface area (Å²) in [5.74, 6) is 2.83. The first kappa shape index (κ1) is 94.1. The number of aliphatic hydroxyl groups is 1. The summed E-state index contributed by atoms with van der Waals surface area (Å²) in [5, 5.41) is 17.4. The molecule has 0 spiro atoms. The number of amides is 5. The van der Waals surface area contributed by atoms with Crippen molar-refractivity contribution in [3.05, 3.63) is 89.9 Å². The van der Waals surface area contributed by atoms with Crippen LogP contribution in [0.1, 0.15) is 297 Å². The van der Waals surface area contributed by atoms with Crippen molar-refractivity contribution in [2.75, 3.05) is 41.3 Å². The third-order valence-electron chi connectivity index (χ3n) is 25.9. The van der Waals surface area contributed by atoms with E-state index in [4.69, 9.17) is 62.9 Å². The van der Waals surface area contributed by atoms with Crippen LogP contribution < -0.4 is 41.0 Å². The van der Waals surface area contributed by atoms with Gasteiger partial charge in [0.2, 0.25) is 48.4 Å². The van der Waals surface area contributed by atoms with Crippen molar-refractivity contribution in [1.29, 1.82) is 0 Å². The highest BCUT2D eigenvalue weighted by Gasteiger charge is 2.45. The smallest absolute Gasteiger partial charge is 0.410 e. The van der Waals surface area contributed by atoms with E-state index in [2.05, 4.69) is 87.9 Å². The molecule has 29 nitrogen and oxygen atoms in total. The van der Waals surface area contributed by atoms with Gasteiger partial charge in [-0.2, -0.15) is 0 Å². The summed E-state index contributed by atoms with van der Waals surface area (Å²) in [5.41, 5.74) is 13.6. The Labute approximate surface area is 744 Å². The fourth-order valence-corrected chi connectivity index (χ4v) is 23.6. The molecule has 8 aliphatic carbocycles. The van der Waals surface area contributed by atoms with Gasteiger partial charge in [0.15, 0.2) is 0 Å². The number of thiophene rings is 4. The van der Waals surface area contributed by atoms with E-state index in [1.54, 1.807) is 80.5 Å². The number of primary amides is 2. The van der Waals surface area contributed by atoms with Crippen LogP contribution in [0.2, 0.25) is 0 Å². The number of nitrogens with one attached hydrogen (secondary N) is 2. The molecule has 8 aromatic heterocycles. The van der Waals surface area contributed by atoms with E-state index in [-0.39, 0.29) is 100 Å². The zero-order valence-electron chi connectivity index (χ0n) is 75.2. The number of carbonyl (C=O) groups excluding carboxylic acids is 5. The molecule has 672 valence electrons. The molecule has 0 aromatic carbocycles. The monoisotopic (exact) mass is 1780 g/mol. The summed E-state index contributed by atoms with van der Waals surface area (Å²) in [6.45, 7) is 41.1. The molecule has 124 heavy (non-hydrogen) atoms. The first-order chi connectivity index (χ1) is 58.7.